The van der Waals surface area contributed by atoms with Crippen LogP contribution in [0.4, 0.5) is 13.2 Å². The molecule has 1 aromatic carbocycles. The molecule has 1 aliphatic carbocycles. The van der Waals surface area contributed by atoms with E-state index < -0.39 is 12.1 Å². The minimum Gasteiger partial charge on any atom is -0.307 e. The number of hydrogen-bond acceptors (Lipinski definition) is 3. The van der Waals surface area contributed by atoms with E-state index in [9.17, 15) is 18.0 Å². The maximum atomic E-state index is 13.0. The quantitative estimate of drug-likeness (QED) is 0.836. The van der Waals surface area contributed by atoms with Crippen LogP contribution in [-0.4, -0.2) is 34.1 Å². The van der Waals surface area contributed by atoms with Gasteiger partial charge in [0.15, 0.2) is 0 Å². The van der Waals surface area contributed by atoms with Gasteiger partial charge in [-0.25, -0.2) is 4.98 Å². The van der Waals surface area contributed by atoms with E-state index in [0.717, 1.165) is 29.7 Å². The molecule has 0 spiro atoms. The summed E-state index contributed by atoms with van der Waals surface area (Å²) in [4.78, 5) is 21.3. The Balaban J connectivity index is 1.52. The lowest BCUT2D eigenvalue weighted by atomic mass is 9.83. The molecule has 2 fully saturated rings. The Bertz CT molecular complexity index is 889. The third kappa shape index (κ3) is 4.29. The Hall–Kier alpha value is -2.15. The van der Waals surface area contributed by atoms with E-state index in [1.807, 2.05) is 29.2 Å². The van der Waals surface area contributed by atoms with Gasteiger partial charge in [0.1, 0.15) is 5.82 Å². The second-order valence-corrected chi connectivity index (χ2v) is 7.96. The largest absolute Gasteiger partial charge is 0.393 e. The van der Waals surface area contributed by atoms with Crippen LogP contribution in [0.2, 0.25) is 0 Å². The summed E-state index contributed by atoms with van der Waals surface area (Å²) in [5.74, 6) is -0.360. The average molecular weight is 391 g/mol. The van der Waals surface area contributed by atoms with Crippen LogP contribution in [0.3, 0.4) is 0 Å². The van der Waals surface area contributed by atoms with Crippen LogP contribution < -0.4 is 5.56 Å². The molecular weight excluding hydrogens is 367 g/mol. The first-order valence-electron chi connectivity index (χ1n) is 9.88. The molecular formula is C21H24F3N3O. The fourth-order valence-corrected chi connectivity index (χ4v) is 4.07. The number of nitrogens with zero attached hydrogens (tertiary/aromatic N) is 2. The number of aromatic amines is 1. The maximum Gasteiger partial charge on any atom is 0.393 e. The highest BCUT2D eigenvalue weighted by atomic mass is 19.4. The molecule has 150 valence electrons. The second-order valence-electron chi connectivity index (χ2n) is 7.96. The molecule has 1 atom stereocenters. The summed E-state index contributed by atoms with van der Waals surface area (Å²) in [6.45, 7) is 1.18. The van der Waals surface area contributed by atoms with Gasteiger partial charge in [0, 0.05) is 30.6 Å². The second kappa shape index (κ2) is 7.70. The number of benzene rings is 1. The van der Waals surface area contributed by atoms with Gasteiger partial charge in [0.25, 0.3) is 5.56 Å². The number of likely N-dealkylation sites (tertiary alicyclic amines) is 1. The van der Waals surface area contributed by atoms with Crippen molar-refractivity contribution >= 4 is 0 Å². The predicted octanol–water partition coefficient (Wildman–Crippen LogP) is 4.48. The van der Waals surface area contributed by atoms with Crippen molar-refractivity contribution in [3.63, 3.8) is 0 Å². The van der Waals surface area contributed by atoms with Crippen molar-refractivity contribution in [2.24, 2.45) is 5.92 Å². The van der Waals surface area contributed by atoms with Crippen LogP contribution >= 0.6 is 0 Å². The maximum absolute atomic E-state index is 13.0. The minimum absolute atomic E-state index is 0.0416. The number of hydrogen-bond donors (Lipinski definition) is 1. The summed E-state index contributed by atoms with van der Waals surface area (Å²) in [5.41, 5.74) is 2.39. The molecule has 2 aromatic rings. The molecule has 0 amide bonds. The predicted molar refractivity (Wildman–Crippen MR) is 101 cm³/mol. The van der Waals surface area contributed by atoms with Crippen molar-refractivity contribution in [2.75, 3.05) is 13.1 Å². The van der Waals surface area contributed by atoms with Gasteiger partial charge in [-0.3, -0.25) is 9.69 Å². The molecule has 0 bridgehead atoms. The average Bonchev–Trinajstić information content (AvgIpc) is 2.59. The van der Waals surface area contributed by atoms with E-state index >= 15 is 0 Å². The molecule has 2 heterocycles. The van der Waals surface area contributed by atoms with E-state index in [0.29, 0.717) is 31.3 Å². The summed E-state index contributed by atoms with van der Waals surface area (Å²) in [6, 6.07) is 9.14. The first-order valence-corrected chi connectivity index (χ1v) is 9.88. The van der Waals surface area contributed by atoms with Crippen LogP contribution in [-0.2, 0) is 6.54 Å². The van der Waals surface area contributed by atoms with Crippen molar-refractivity contribution in [3.8, 4) is 11.4 Å². The van der Waals surface area contributed by atoms with Crippen LogP contribution in [0.5, 0.6) is 0 Å². The van der Waals surface area contributed by atoms with Gasteiger partial charge >= 0.3 is 6.18 Å². The van der Waals surface area contributed by atoms with Gasteiger partial charge in [-0.2, -0.15) is 13.2 Å². The Morgan fingerprint density at radius 2 is 1.96 bits per heavy atom. The summed E-state index contributed by atoms with van der Waals surface area (Å²) >= 11 is 0. The molecule has 1 saturated carbocycles. The van der Waals surface area contributed by atoms with Crippen molar-refractivity contribution in [1.29, 1.82) is 0 Å². The van der Waals surface area contributed by atoms with Gasteiger partial charge in [-0.15, -0.1) is 0 Å². The molecule has 1 unspecified atom stereocenters. The van der Waals surface area contributed by atoms with Crippen molar-refractivity contribution in [1.82, 2.24) is 14.9 Å². The van der Waals surface area contributed by atoms with Crippen LogP contribution in [0, 0.1) is 5.92 Å². The Labute approximate surface area is 161 Å². The number of nitrogens with one attached hydrogen (secondary N) is 1. The highest BCUT2D eigenvalue weighted by molar-refractivity contribution is 5.56. The normalized spacial score (nSPS) is 21.5. The lowest BCUT2D eigenvalue weighted by molar-refractivity contribution is -0.187. The Morgan fingerprint density at radius 3 is 2.68 bits per heavy atom. The first kappa shape index (κ1) is 19.2. The third-order valence-corrected chi connectivity index (χ3v) is 5.86. The topological polar surface area (TPSA) is 49.0 Å². The van der Waals surface area contributed by atoms with Gasteiger partial charge < -0.3 is 4.98 Å². The van der Waals surface area contributed by atoms with Crippen LogP contribution in [0.15, 0.2) is 35.1 Å². The van der Waals surface area contributed by atoms with E-state index in [-0.39, 0.29) is 18.5 Å². The fourth-order valence-electron chi connectivity index (χ4n) is 4.07. The molecule has 28 heavy (non-hydrogen) atoms. The van der Waals surface area contributed by atoms with Crippen molar-refractivity contribution in [2.45, 2.75) is 50.7 Å². The lowest BCUT2D eigenvalue weighted by Crippen LogP contribution is -2.41. The Morgan fingerprint density at radius 1 is 1.14 bits per heavy atom. The zero-order valence-corrected chi connectivity index (χ0v) is 15.6. The highest BCUT2D eigenvalue weighted by Gasteiger charge is 2.41. The monoisotopic (exact) mass is 391 g/mol. The molecule has 4 nitrogen and oxygen atoms in total. The van der Waals surface area contributed by atoms with Crippen molar-refractivity contribution < 1.29 is 13.2 Å². The number of rotatable bonds is 4. The van der Waals surface area contributed by atoms with Gasteiger partial charge in [0.05, 0.1) is 11.6 Å². The summed E-state index contributed by atoms with van der Waals surface area (Å²) in [7, 11) is 0. The fraction of sp³-hybridized carbons (Fsp3) is 0.524. The molecule has 1 saturated heterocycles. The zero-order chi connectivity index (χ0) is 19.7. The third-order valence-electron chi connectivity index (χ3n) is 5.86. The number of aromatic nitrogens is 2. The zero-order valence-electron chi connectivity index (χ0n) is 15.6. The molecule has 1 aliphatic heterocycles. The van der Waals surface area contributed by atoms with E-state index in [1.54, 1.807) is 6.07 Å². The number of piperidine rings is 1. The van der Waals surface area contributed by atoms with E-state index in [2.05, 4.69) is 9.97 Å². The van der Waals surface area contributed by atoms with Crippen LogP contribution in [0.25, 0.3) is 11.4 Å². The molecule has 1 aromatic heterocycles. The van der Waals surface area contributed by atoms with E-state index in [4.69, 9.17) is 0 Å². The van der Waals surface area contributed by atoms with Gasteiger partial charge in [-0.1, -0.05) is 24.6 Å². The lowest BCUT2D eigenvalue weighted by Gasteiger charge is -2.33. The SMILES string of the molecule is O=c1cc(C2CCC2)nc(-c2cccc(CN3CCCC(C(F)(F)F)C3)c2)[nH]1. The van der Waals surface area contributed by atoms with Crippen molar-refractivity contribution in [3.05, 3.63) is 51.9 Å². The molecule has 1 N–H and O–H groups in total. The summed E-state index contributed by atoms with van der Waals surface area (Å²) in [6.07, 6.45) is -0.0809. The molecule has 4 rings (SSSR count). The van der Waals surface area contributed by atoms with Crippen LogP contribution in [0.1, 0.15) is 49.3 Å². The first-order chi connectivity index (χ1) is 13.4. The molecule has 2 aliphatic rings. The minimum atomic E-state index is -4.13. The van der Waals surface area contributed by atoms with E-state index in [1.165, 1.54) is 6.42 Å². The molecule has 0 radical (unpaired) electrons. The number of alkyl halides is 3. The summed E-state index contributed by atoms with van der Waals surface area (Å²) < 4.78 is 39.1. The highest BCUT2D eigenvalue weighted by Crippen LogP contribution is 2.35. The molecule has 7 heteroatoms. The van der Waals surface area contributed by atoms with Gasteiger partial charge in [-0.05, 0) is 43.9 Å². The Kier molecular flexibility index (Phi) is 5.27. The standard InChI is InChI=1S/C21H24F3N3O/c22-21(23,24)17-8-3-9-27(13-17)12-14-4-1-7-16(10-14)20-25-18(11-19(28)26-20)15-5-2-6-15/h1,4,7,10-11,15,17H,2-3,5-6,8-9,12-13H2,(H,25,26,28). The number of halogens is 3. The number of H-pyrrole nitrogens is 1. The van der Waals surface area contributed by atoms with Gasteiger partial charge in [0.2, 0.25) is 0 Å². The summed E-state index contributed by atoms with van der Waals surface area (Å²) in [5, 5.41) is 0. The smallest absolute Gasteiger partial charge is 0.307 e.